The van der Waals surface area contributed by atoms with E-state index in [-0.39, 0.29) is 11.1 Å². The summed E-state index contributed by atoms with van der Waals surface area (Å²) in [5.41, 5.74) is 1.19. The Bertz CT molecular complexity index is 298. The second-order valence-corrected chi connectivity index (χ2v) is 4.86. The fourth-order valence-electron chi connectivity index (χ4n) is 1.24. The summed E-state index contributed by atoms with van der Waals surface area (Å²) < 4.78 is 7.34. The molecule has 1 aliphatic heterocycles. The van der Waals surface area contributed by atoms with Gasteiger partial charge in [-0.2, -0.15) is 5.10 Å². The molecule has 2 heterocycles. The predicted molar refractivity (Wildman–Crippen MR) is 50.5 cm³/mol. The van der Waals surface area contributed by atoms with Crippen LogP contribution in [-0.2, 0) is 15.9 Å². The highest BCUT2D eigenvalue weighted by atomic mass is 16.6. The first-order valence-electron chi connectivity index (χ1n) is 4.61. The number of rotatable bonds is 1. The fourth-order valence-corrected chi connectivity index (χ4v) is 1.24. The molecule has 1 aliphatic rings. The van der Waals surface area contributed by atoms with Crippen molar-refractivity contribution in [1.82, 2.24) is 9.78 Å². The third kappa shape index (κ3) is 1.48. The third-order valence-electron chi connectivity index (χ3n) is 2.46. The zero-order valence-electron chi connectivity index (χ0n) is 8.66. The molecule has 1 unspecified atom stereocenters. The largest absolute Gasteiger partial charge is 0.365 e. The highest BCUT2D eigenvalue weighted by Gasteiger charge is 2.42. The minimum absolute atomic E-state index is 0.0521. The van der Waals surface area contributed by atoms with Gasteiger partial charge in [0.1, 0.15) is 5.60 Å². The van der Waals surface area contributed by atoms with E-state index in [1.165, 1.54) is 5.56 Å². The van der Waals surface area contributed by atoms with Crippen molar-refractivity contribution in [3.05, 3.63) is 18.0 Å². The molecular weight excluding hydrogens is 164 g/mol. The topological polar surface area (TPSA) is 30.4 Å². The van der Waals surface area contributed by atoms with Crippen molar-refractivity contribution in [3.63, 3.8) is 0 Å². The van der Waals surface area contributed by atoms with E-state index in [4.69, 9.17) is 4.74 Å². The Morgan fingerprint density at radius 1 is 1.54 bits per heavy atom. The predicted octanol–water partition coefficient (Wildman–Crippen LogP) is 1.88. The minimum Gasteiger partial charge on any atom is -0.365 e. The molecule has 1 saturated heterocycles. The molecule has 0 radical (unpaired) electrons. The first-order chi connectivity index (χ1) is 5.92. The molecule has 0 aliphatic carbocycles. The van der Waals surface area contributed by atoms with Crippen LogP contribution < -0.4 is 0 Å². The smallest absolute Gasteiger partial charge is 0.117 e. The summed E-state index contributed by atoms with van der Waals surface area (Å²) >= 11 is 0. The molecule has 0 bridgehead atoms. The van der Waals surface area contributed by atoms with Crippen molar-refractivity contribution >= 4 is 0 Å². The van der Waals surface area contributed by atoms with Gasteiger partial charge in [0.25, 0.3) is 0 Å². The van der Waals surface area contributed by atoms with E-state index in [2.05, 4.69) is 39.0 Å². The summed E-state index contributed by atoms with van der Waals surface area (Å²) in [6.07, 6.45) is 3.98. The van der Waals surface area contributed by atoms with Gasteiger partial charge >= 0.3 is 0 Å². The van der Waals surface area contributed by atoms with Gasteiger partial charge in [-0.1, -0.05) is 0 Å². The average Bonchev–Trinajstić information content (AvgIpc) is 2.60. The van der Waals surface area contributed by atoms with E-state index < -0.39 is 0 Å². The summed E-state index contributed by atoms with van der Waals surface area (Å²) in [6.45, 7) is 9.33. The van der Waals surface area contributed by atoms with E-state index >= 15 is 0 Å². The second kappa shape index (κ2) is 2.35. The SMILES string of the molecule is CC1(c2cnn(C(C)(C)C)c2)CO1. The number of nitrogens with zero attached hydrogens (tertiary/aromatic N) is 2. The summed E-state index contributed by atoms with van der Waals surface area (Å²) in [4.78, 5) is 0. The van der Waals surface area contributed by atoms with E-state index in [0.717, 1.165) is 6.61 Å². The van der Waals surface area contributed by atoms with Crippen molar-refractivity contribution in [3.8, 4) is 0 Å². The molecule has 0 saturated carbocycles. The lowest BCUT2D eigenvalue weighted by molar-refractivity contribution is 0.326. The lowest BCUT2D eigenvalue weighted by atomic mass is 10.1. The highest BCUT2D eigenvalue weighted by molar-refractivity contribution is 5.19. The molecule has 2 rings (SSSR count). The van der Waals surface area contributed by atoms with Gasteiger partial charge in [0.2, 0.25) is 0 Å². The van der Waals surface area contributed by atoms with Crippen LogP contribution in [-0.4, -0.2) is 16.4 Å². The minimum atomic E-state index is -0.0521. The maximum absolute atomic E-state index is 5.35. The lowest BCUT2D eigenvalue weighted by Gasteiger charge is -2.18. The molecule has 0 amide bonds. The number of ether oxygens (including phenoxy) is 1. The van der Waals surface area contributed by atoms with Gasteiger partial charge < -0.3 is 4.74 Å². The molecule has 0 aromatic carbocycles. The summed E-state index contributed by atoms with van der Waals surface area (Å²) in [5, 5.41) is 4.33. The van der Waals surface area contributed by atoms with Crippen LogP contribution in [0.25, 0.3) is 0 Å². The summed E-state index contributed by atoms with van der Waals surface area (Å²) in [7, 11) is 0. The molecule has 1 atom stereocenters. The van der Waals surface area contributed by atoms with Crippen LogP contribution >= 0.6 is 0 Å². The van der Waals surface area contributed by atoms with Gasteiger partial charge in [-0.25, -0.2) is 0 Å². The maximum atomic E-state index is 5.35. The normalized spacial score (nSPS) is 27.7. The number of hydrogen-bond donors (Lipinski definition) is 0. The molecule has 1 aromatic rings. The van der Waals surface area contributed by atoms with Crippen LogP contribution in [0.2, 0.25) is 0 Å². The fraction of sp³-hybridized carbons (Fsp3) is 0.700. The zero-order chi connectivity index (χ0) is 9.69. The van der Waals surface area contributed by atoms with Crippen molar-refractivity contribution < 1.29 is 4.74 Å². The average molecular weight is 180 g/mol. The van der Waals surface area contributed by atoms with E-state index in [1.807, 2.05) is 10.9 Å². The molecule has 72 valence electrons. The third-order valence-corrected chi connectivity index (χ3v) is 2.46. The molecule has 1 fully saturated rings. The molecule has 3 nitrogen and oxygen atoms in total. The molecule has 0 spiro atoms. The quantitative estimate of drug-likeness (QED) is 0.618. The van der Waals surface area contributed by atoms with Crippen LogP contribution in [0.5, 0.6) is 0 Å². The van der Waals surface area contributed by atoms with Crippen LogP contribution in [0.4, 0.5) is 0 Å². The van der Waals surface area contributed by atoms with Gasteiger partial charge in [-0.15, -0.1) is 0 Å². The van der Waals surface area contributed by atoms with Gasteiger partial charge in [0.05, 0.1) is 18.3 Å². The summed E-state index contributed by atoms with van der Waals surface area (Å²) in [6, 6.07) is 0. The van der Waals surface area contributed by atoms with Gasteiger partial charge in [-0.05, 0) is 27.7 Å². The Labute approximate surface area is 78.7 Å². The lowest BCUT2D eigenvalue weighted by Crippen LogP contribution is -2.22. The Balaban J connectivity index is 2.29. The van der Waals surface area contributed by atoms with E-state index in [9.17, 15) is 0 Å². The first kappa shape index (κ1) is 8.75. The number of hydrogen-bond acceptors (Lipinski definition) is 2. The number of aromatic nitrogens is 2. The molecule has 0 N–H and O–H groups in total. The van der Waals surface area contributed by atoms with Crippen molar-refractivity contribution in [2.45, 2.75) is 38.8 Å². The maximum Gasteiger partial charge on any atom is 0.117 e. The molecule has 13 heavy (non-hydrogen) atoms. The van der Waals surface area contributed by atoms with Gasteiger partial charge in [0.15, 0.2) is 0 Å². The zero-order valence-corrected chi connectivity index (χ0v) is 8.66. The standard InChI is InChI=1S/C10H16N2O/c1-9(2,3)12-6-8(5-11-12)10(4)7-13-10/h5-6H,7H2,1-4H3. The first-order valence-corrected chi connectivity index (χ1v) is 4.61. The number of epoxide rings is 1. The Morgan fingerprint density at radius 2 is 2.15 bits per heavy atom. The Hall–Kier alpha value is -0.830. The van der Waals surface area contributed by atoms with Crippen molar-refractivity contribution in [2.24, 2.45) is 0 Å². The van der Waals surface area contributed by atoms with Gasteiger partial charge in [0, 0.05) is 11.8 Å². The van der Waals surface area contributed by atoms with E-state index in [1.54, 1.807) is 0 Å². The second-order valence-electron chi connectivity index (χ2n) is 4.86. The Kier molecular flexibility index (Phi) is 1.58. The van der Waals surface area contributed by atoms with Gasteiger partial charge in [-0.3, -0.25) is 4.68 Å². The molecular formula is C10H16N2O. The van der Waals surface area contributed by atoms with Crippen LogP contribution in [0.1, 0.15) is 33.3 Å². The van der Waals surface area contributed by atoms with Crippen LogP contribution in [0.3, 0.4) is 0 Å². The highest BCUT2D eigenvalue weighted by Crippen LogP contribution is 2.37. The van der Waals surface area contributed by atoms with Crippen LogP contribution in [0, 0.1) is 0 Å². The molecule has 1 aromatic heterocycles. The van der Waals surface area contributed by atoms with Crippen LogP contribution in [0.15, 0.2) is 12.4 Å². The van der Waals surface area contributed by atoms with Crippen molar-refractivity contribution in [1.29, 1.82) is 0 Å². The van der Waals surface area contributed by atoms with Crippen molar-refractivity contribution in [2.75, 3.05) is 6.61 Å². The Morgan fingerprint density at radius 3 is 2.54 bits per heavy atom. The molecule has 3 heteroatoms. The van der Waals surface area contributed by atoms with E-state index in [0.29, 0.717) is 0 Å². The summed E-state index contributed by atoms with van der Waals surface area (Å²) in [5.74, 6) is 0. The monoisotopic (exact) mass is 180 g/mol.